The van der Waals surface area contributed by atoms with Gasteiger partial charge in [0.1, 0.15) is 24.1 Å². The number of hydrogen-bond acceptors (Lipinski definition) is 8. The van der Waals surface area contributed by atoms with Gasteiger partial charge in [-0.2, -0.15) is 0 Å². The van der Waals surface area contributed by atoms with Crippen molar-refractivity contribution in [3.8, 4) is 0 Å². The number of nitrogen functional groups attached to an aromatic ring is 1. The van der Waals surface area contributed by atoms with Gasteiger partial charge in [0.25, 0.3) is 0 Å². The minimum Gasteiger partial charge on any atom is -0.394 e. The maximum atomic E-state index is 10.9. The summed E-state index contributed by atoms with van der Waals surface area (Å²) >= 11 is 0. The van der Waals surface area contributed by atoms with Crippen molar-refractivity contribution in [2.24, 2.45) is 0 Å². The zero-order valence-electron chi connectivity index (χ0n) is 13.3. The van der Waals surface area contributed by atoms with E-state index in [1.807, 2.05) is 0 Å². The van der Waals surface area contributed by atoms with E-state index in [0.29, 0.717) is 11.2 Å². The molecule has 2 aliphatic heterocycles. The summed E-state index contributed by atoms with van der Waals surface area (Å²) < 4.78 is 7.63. The van der Waals surface area contributed by atoms with E-state index in [2.05, 4.69) is 19.9 Å². The molecule has 2 fully saturated rings. The average molecular weight is 334 g/mol. The molecule has 1 unspecified atom stereocenters. The number of hydrogen-bond donors (Lipinski definition) is 3. The first kappa shape index (κ1) is 15.7. The van der Waals surface area contributed by atoms with Crippen molar-refractivity contribution >= 4 is 17.0 Å². The molecule has 9 nitrogen and oxygen atoms in total. The van der Waals surface area contributed by atoms with Crippen LogP contribution >= 0.6 is 0 Å². The van der Waals surface area contributed by atoms with E-state index >= 15 is 0 Å². The molecule has 0 spiro atoms. The highest BCUT2D eigenvalue weighted by Crippen LogP contribution is 2.35. The summed E-state index contributed by atoms with van der Waals surface area (Å²) in [5, 5.41) is 20.6. The monoisotopic (exact) mass is 334 g/mol. The minimum absolute atomic E-state index is 0.140. The summed E-state index contributed by atoms with van der Waals surface area (Å²) in [6.45, 7) is 1.68. The topological polar surface area (TPSA) is 123 Å². The van der Waals surface area contributed by atoms with Crippen LogP contribution in [0.2, 0.25) is 0 Å². The third-order valence-corrected chi connectivity index (χ3v) is 4.99. The number of aliphatic hydroxyl groups is 2. The number of ether oxygens (including phenoxy) is 1. The van der Waals surface area contributed by atoms with E-state index in [1.165, 1.54) is 12.7 Å². The van der Waals surface area contributed by atoms with Crippen LogP contribution in [0.1, 0.15) is 25.5 Å². The Morgan fingerprint density at radius 2 is 2.00 bits per heavy atom. The lowest BCUT2D eigenvalue weighted by atomic mass is 10.0. The fraction of sp³-hybridized carbons (Fsp3) is 0.667. The standard InChI is InChI=1S/C15H22N6O3/c16-13-10-14(18-7-17-13)21(8-19-10)15-12(23)11(9(6-22)24-15)20-4-2-1-3-5-20/h7-9,11-12,15,22-23H,1-6H2,(H2,16,17,18)/t9-,11?,12-,15-/m1/s1. The lowest BCUT2D eigenvalue weighted by Gasteiger charge is -2.35. The van der Waals surface area contributed by atoms with E-state index < -0.39 is 18.4 Å². The number of anilines is 1. The van der Waals surface area contributed by atoms with Crippen LogP contribution in [0.15, 0.2) is 12.7 Å². The quantitative estimate of drug-likeness (QED) is 0.687. The summed E-state index contributed by atoms with van der Waals surface area (Å²) in [6, 6.07) is -0.239. The Balaban J connectivity index is 1.67. The van der Waals surface area contributed by atoms with E-state index in [4.69, 9.17) is 10.5 Å². The summed E-state index contributed by atoms with van der Waals surface area (Å²) in [5.74, 6) is 0.289. The van der Waals surface area contributed by atoms with Gasteiger partial charge in [-0.05, 0) is 25.9 Å². The highest BCUT2D eigenvalue weighted by molar-refractivity contribution is 5.81. The van der Waals surface area contributed by atoms with Gasteiger partial charge in [0.05, 0.1) is 19.0 Å². The number of likely N-dealkylation sites (tertiary alicyclic amines) is 1. The largest absolute Gasteiger partial charge is 0.394 e. The Bertz CT molecular complexity index is 716. The van der Waals surface area contributed by atoms with Gasteiger partial charge in [0, 0.05) is 0 Å². The maximum Gasteiger partial charge on any atom is 0.167 e. The first-order valence-corrected chi connectivity index (χ1v) is 8.32. The molecule has 24 heavy (non-hydrogen) atoms. The predicted molar refractivity (Wildman–Crippen MR) is 86.0 cm³/mol. The molecule has 4 N–H and O–H groups in total. The van der Waals surface area contributed by atoms with Crippen LogP contribution in [0.5, 0.6) is 0 Å². The van der Waals surface area contributed by atoms with Crippen molar-refractivity contribution in [1.82, 2.24) is 24.4 Å². The highest BCUT2D eigenvalue weighted by atomic mass is 16.5. The van der Waals surface area contributed by atoms with Gasteiger partial charge >= 0.3 is 0 Å². The van der Waals surface area contributed by atoms with E-state index in [9.17, 15) is 10.2 Å². The summed E-state index contributed by atoms with van der Waals surface area (Å²) in [6.07, 6.45) is 4.44. The molecule has 2 aromatic rings. The molecule has 2 saturated heterocycles. The second kappa shape index (κ2) is 6.25. The van der Waals surface area contributed by atoms with E-state index in [-0.39, 0.29) is 18.5 Å². The first-order chi connectivity index (χ1) is 11.7. The molecular weight excluding hydrogens is 312 g/mol. The average Bonchev–Trinajstić information content (AvgIpc) is 3.17. The SMILES string of the molecule is Nc1ncnc2c1ncn2[C@@H]1O[C@H](CO)C(N2CCCCC2)[C@H]1O. The van der Waals surface area contributed by atoms with Crippen LogP contribution in [0.25, 0.3) is 11.2 Å². The zero-order valence-corrected chi connectivity index (χ0v) is 13.3. The number of nitrogens with zero attached hydrogens (tertiary/aromatic N) is 5. The van der Waals surface area contributed by atoms with Crippen molar-refractivity contribution in [3.05, 3.63) is 12.7 Å². The fourth-order valence-electron chi connectivity index (χ4n) is 3.83. The Kier molecular flexibility index (Phi) is 4.09. The number of imidazole rings is 1. The molecule has 0 aromatic carbocycles. The highest BCUT2D eigenvalue weighted by Gasteiger charge is 2.47. The number of fused-ring (bicyclic) bond motifs is 1. The molecule has 0 aliphatic carbocycles. The van der Waals surface area contributed by atoms with Crippen molar-refractivity contribution in [3.63, 3.8) is 0 Å². The third-order valence-electron chi connectivity index (χ3n) is 4.99. The molecule has 0 saturated carbocycles. The number of aliphatic hydroxyl groups excluding tert-OH is 2. The molecule has 9 heteroatoms. The number of aromatic nitrogens is 4. The molecule has 2 aromatic heterocycles. The Labute approximate surface area is 139 Å². The molecule has 4 atom stereocenters. The summed E-state index contributed by atoms with van der Waals surface area (Å²) in [4.78, 5) is 14.6. The molecule has 0 radical (unpaired) electrons. The van der Waals surface area contributed by atoms with Crippen LogP contribution in [0.3, 0.4) is 0 Å². The first-order valence-electron chi connectivity index (χ1n) is 8.32. The van der Waals surface area contributed by atoms with Crippen LogP contribution in [-0.2, 0) is 4.74 Å². The molecule has 4 heterocycles. The van der Waals surface area contributed by atoms with Gasteiger partial charge in [-0.25, -0.2) is 15.0 Å². The Morgan fingerprint density at radius 3 is 2.75 bits per heavy atom. The van der Waals surface area contributed by atoms with Gasteiger partial charge < -0.3 is 20.7 Å². The smallest absolute Gasteiger partial charge is 0.167 e. The number of piperidine rings is 1. The Morgan fingerprint density at radius 1 is 1.21 bits per heavy atom. The number of nitrogens with two attached hydrogens (primary N) is 1. The summed E-state index contributed by atoms with van der Waals surface area (Å²) in [7, 11) is 0. The Hall–Kier alpha value is -1.81. The molecule has 0 amide bonds. The van der Waals surface area contributed by atoms with Crippen molar-refractivity contribution in [2.45, 2.75) is 43.7 Å². The molecule has 130 valence electrons. The number of rotatable bonds is 3. The molecule has 0 bridgehead atoms. The van der Waals surface area contributed by atoms with Crippen LogP contribution in [0, 0.1) is 0 Å². The van der Waals surface area contributed by atoms with Gasteiger partial charge in [0.2, 0.25) is 0 Å². The van der Waals surface area contributed by atoms with E-state index in [1.54, 1.807) is 10.9 Å². The predicted octanol–water partition coefficient (Wildman–Crippen LogP) is -0.486. The van der Waals surface area contributed by atoms with Gasteiger partial charge in [0.15, 0.2) is 17.7 Å². The van der Waals surface area contributed by atoms with Gasteiger partial charge in [-0.3, -0.25) is 9.47 Å². The fourth-order valence-corrected chi connectivity index (χ4v) is 3.83. The van der Waals surface area contributed by atoms with Gasteiger partial charge in [-0.1, -0.05) is 6.42 Å². The summed E-state index contributed by atoms with van der Waals surface area (Å²) in [5.41, 5.74) is 6.82. The maximum absolute atomic E-state index is 10.9. The molecule has 4 rings (SSSR count). The van der Waals surface area contributed by atoms with Crippen LogP contribution < -0.4 is 5.73 Å². The second-order valence-electron chi connectivity index (χ2n) is 6.41. The van der Waals surface area contributed by atoms with Crippen molar-refractivity contribution in [2.75, 3.05) is 25.4 Å². The zero-order chi connectivity index (χ0) is 16.7. The van der Waals surface area contributed by atoms with E-state index in [0.717, 1.165) is 25.9 Å². The lowest BCUT2D eigenvalue weighted by Crippen LogP contribution is -2.50. The van der Waals surface area contributed by atoms with Gasteiger partial charge in [-0.15, -0.1) is 0 Å². The lowest BCUT2D eigenvalue weighted by molar-refractivity contribution is -0.0500. The minimum atomic E-state index is -0.783. The van der Waals surface area contributed by atoms with Crippen molar-refractivity contribution in [1.29, 1.82) is 0 Å². The van der Waals surface area contributed by atoms with Crippen LogP contribution in [-0.4, -0.2) is 72.6 Å². The normalized spacial score (nSPS) is 31.8. The third kappa shape index (κ3) is 2.44. The van der Waals surface area contributed by atoms with Crippen LogP contribution in [0.4, 0.5) is 5.82 Å². The molecule has 2 aliphatic rings. The molecular formula is C15H22N6O3. The second-order valence-corrected chi connectivity index (χ2v) is 6.41. The van der Waals surface area contributed by atoms with Crippen molar-refractivity contribution < 1.29 is 14.9 Å².